The van der Waals surface area contributed by atoms with Gasteiger partial charge in [-0.1, -0.05) is 24.3 Å². The van der Waals surface area contributed by atoms with Crippen molar-refractivity contribution in [3.8, 4) is 0 Å². The van der Waals surface area contributed by atoms with Gasteiger partial charge < -0.3 is 9.72 Å². The van der Waals surface area contributed by atoms with E-state index in [9.17, 15) is 9.59 Å². The van der Waals surface area contributed by atoms with Crippen LogP contribution in [0.3, 0.4) is 0 Å². The standard InChI is InChI=1S/C24H25N3O4/c1-16(28)19-10-11-20-21(15-19)26-22(25-20)14-18-7-5-17(6-8-18)9-12-23(29)27-31-24-4-2-3-13-30-24/h5-12,15,24H,2-4,13-14H2,1H3,(H,25,26)(H,27,29)/b12-9+. The highest BCUT2D eigenvalue weighted by molar-refractivity contribution is 5.97. The molecule has 7 heteroatoms. The molecule has 2 N–H and O–H groups in total. The van der Waals surface area contributed by atoms with E-state index in [2.05, 4.69) is 15.4 Å². The van der Waals surface area contributed by atoms with Crippen molar-refractivity contribution < 1.29 is 19.2 Å². The van der Waals surface area contributed by atoms with Gasteiger partial charge in [-0.05, 0) is 55.2 Å². The summed E-state index contributed by atoms with van der Waals surface area (Å²) in [5.74, 6) is 0.537. The summed E-state index contributed by atoms with van der Waals surface area (Å²) in [6, 6.07) is 13.4. The first-order chi connectivity index (χ1) is 15.1. The average Bonchev–Trinajstić information content (AvgIpc) is 3.19. The molecular formula is C24H25N3O4. The molecule has 1 atom stereocenters. The van der Waals surface area contributed by atoms with Gasteiger partial charge in [0.1, 0.15) is 5.82 Å². The molecule has 3 aromatic rings. The molecule has 2 aromatic carbocycles. The number of benzene rings is 2. The van der Waals surface area contributed by atoms with Gasteiger partial charge in [0.05, 0.1) is 11.0 Å². The first-order valence-electron chi connectivity index (χ1n) is 10.4. The predicted octanol–water partition coefficient (Wildman–Crippen LogP) is 3.94. The van der Waals surface area contributed by atoms with E-state index in [1.807, 2.05) is 36.4 Å². The van der Waals surface area contributed by atoms with Crippen molar-refractivity contribution in [3.63, 3.8) is 0 Å². The van der Waals surface area contributed by atoms with Crippen LogP contribution in [0.15, 0.2) is 48.5 Å². The third kappa shape index (κ3) is 5.65. The number of aromatic nitrogens is 2. The first kappa shape index (κ1) is 21.0. The van der Waals surface area contributed by atoms with Gasteiger partial charge >= 0.3 is 0 Å². The number of H-pyrrole nitrogens is 1. The Morgan fingerprint density at radius 2 is 2.06 bits per heavy atom. The molecule has 31 heavy (non-hydrogen) atoms. The molecule has 160 valence electrons. The second-order valence-electron chi connectivity index (χ2n) is 7.60. The summed E-state index contributed by atoms with van der Waals surface area (Å²) in [4.78, 5) is 36.6. The molecule has 1 saturated heterocycles. The van der Waals surface area contributed by atoms with Crippen LogP contribution in [0, 0.1) is 0 Å². The van der Waals surface area contributed by atoms with Crippen LogP contribution in [-0.2, 0) is 20.8 Å². The van der Waals surface area contributed by atoms with E-state index in [0.29, 0.717) is 18.6 Å². The summed E-state index contributed by atoms with van der Waals surface area (Å²) in [6.45, 7) is 2.21. The maximum Gasteiger partial charge on any atom is 0.267 e. The highest BCUT2D eigenvalue weighted by Gasteiger charge is 2.15. The number of ketones is 1. The highest BCUT2D eigenvalue weighted by Crippen LogP contribution is 2.17. The van der Waals surface area contributed by atoms with Crippen LogP contribution in [0.1, 0.15) is 53.5 Å². The van der Waals surface area contributed by atoms with Gasteiger partial charge in [0, 0.05) is 31.1 Å². The quantitative estimate of drug-likeness (QED) is 0.344. The number of carbonyl (C=O) groups is 2. The van der Waals surface area contributed by atoms with E-state index >= 15 is 0 Å². The van der Waals surface area contributed by atoms with Crippen LogP contribution >= 0.6 is 0 Å². The monoisotopic (exact) mass is 419 g/mol. The zero-order valence-corrected chi connectivity index (χ0v) is 17.4. The molecule has 1 fully saturated rings. The Morgan fingerprint density at radius 1 is 1.23 bits per heavy atom. The number of Topliss-reactive ketones (excluding diaryl/α,β-unsaturated/α-hetero) is 1. The molecule has 0 spiro atoms. The number of aromatic amines is 1. The molecule has 1 unspecified atom stereocenters. The number of nitrogens with one attached hydrogen (secondary N) is 2. The zero-order chi connectivity index (χ0) is 21.6. The lowest BCUT2D eigenvalue weighted by Gasteiger charge is -2.21. The lowest BCUT2D eigenvalue weighted by atomic mass is 10.1. The molecule has 7 nitrogen and oxygen atoms in total. The predicted molar refractivity (Wildman–Crippen MR) is 117 cm³/mol. The molecule has 0 bridgehead atoms. The van der Waals surface area contributed by atoms with Crippen molar-refractivity contribution in [2.45, 2.75) is 38.9 Å². The number of hydrogen-bond acceptors (Lipinski definition) is 5. The molecule has 2 heterocycles. The van der Waals surface area contributed by atoms with Gasteiger partial charge in [-0.2, -0.15) is 0 Å². The van der Waals surface area contributed by atoms with Crippen LogP contribution in [0.2, 0.25) is 0 Å². The molecule has 0 aliphatic carbocycles. The molecule has 1 aliphatic heterocycles. The smallest absolute Gasteiger partial charge is 0.267 e. The Morgan fingerprint density at radius 3 is 2.81 bits per heavy atom. The van der Waals surface area contributed by atoms with E-state index in [1.165, 1.54) is 6.08 Å². The normalized spacial score (nSPS) is 16.6. The van der Waals surface area contributed by atoms with Crippen molar-refractivity contribution in [1.29, 1.82) is 0 Å². The number of fused-ring (bicyclic) bond motifs is 1. The Balaban J connectivity index is 1.32. The Labute approximate surface area is 180 Å². The van der Waals surface area contributed by atoms with Gasteiger partial charge in [-0.3, -0.25) is 9.59 Å². The van der Waals surface area contributed by atoms with Crippen LogP contribution in [0.25, 0.3) is 17.1 Å². The van der Waals surface area contributed by atoms with E-state index in [1.54, 1.807) is 19.1 Å². The minimum atomic E-state index is -0.363. The summed E-state index contributed by atoms with van der Waals surface area (Å²) in [7, 11) is 0. The SMILES string of the molecule is CC(=O)c1ccc2nc(Cc3ccc(/C=C/C(=O)NOC4CCCCO4)cc3)[nH]c2c1. The largest absolute Gasteiger partial charge is 0.350 e. The second-order valence-corrected chi connectivity index (χ2v) is 7.60. The van der Waals surface area contributed by atoms with Crippen molar-refractivity contribution in [3.05, 3.63) is 71.1 Å². The fourth-order valence-electron chi connectivity index (χ4n) is 3.44. The molecule has 1 aliphatic rings. The summed E-state index contributed by atoms with van der Waals surface area (Å²) in [5, 5.41) is 0. The molecule has 1 aromatic heterocycles. The van der Waals surface area contributed by atoms with Crippen molar-refractivity contribution in [2.24, 2.45) is 0 Å². The van der Waals surface area contributed by atoms with E-state index in [-0.39, 0.29) is 18.0 Å². The summed E-state index contributed by atoms with van der Waals surface area (Å²) >= 11 is 0. The number of rotatable bonds is 7. The summed E-state index contributed by atoms with van der Waals surface area (Å²) in [6.07, 6.45) is 6.30. The van der Waals surface area contributed by atoms with Crippen molar-refractivity contribution in [2.75, 3.05) is 6.61 Å². The lowest BCUT2D eigenvalue weighted by molar-refractivity contribution is -0.198. The lowest BCUT2D eigenvalue weighted by Crippen LogP contribution is -2.32. The summed E-state index contributed by atoms with van der Waals surface area (Å²) in [5.41, 5.74) is 6.76. The molecule has 0 radical (unpaired) electrons. The first-order valence-corrected chi connectivity index (χ1v) is 10.4. The molecular weight excluding hydrogens is 394 g/mol. The number of amides is 1. The van der Waals surface area contributed by atoms with Crippen molar-refractivity contribution >= 4 is 28.8 Å². The van der Waals surface area contributed by atoms with E-state index in [0.717, 1.165) is 47.2 Å². The van der Waals surface area contributed by atoms with Crippen molar-refractivity contribution in [1.82, 2.24) is 15.4 Å². The van der Waals surface area contributed by atoms with Crippen LogP contribution in [0.4, 0.5) is 0 Å². The zero-order valence-electron chi connectivity index (χ0n) is 17.4. The van der Waals surface area contributed by atoms with Crippen LogP contribution in [-0.4, -0.2) is 34.6 Å². The second kappa shape index (κ2) is 9.68. The van der Waals surface area contributed by atoms with Gasteiger partial charge in [0.2, 0.25) is 0 Å². The average molecular weight is 419 g/mol. The van der Waals surface area contributed by atoms with Gasteiger partial charge in [0.15, 0.2) is 12.1 Å². The van der Waals surface area contributed by atoms with E-state index < -0.39 is 0 Å². The Bertz CT molecular complexity index is 1100. The van der Waals surface area contributed by atoms with Crippen LogP contribution in [0.5, 0.6) is 0 Å². The number of nitrogens with zero attached hydrogens (tertiary/aromatic N) is 1. The molecule has 4 rings (SSSR count). The minimum Gasteiger partial charge on any atom is -0.350 e. The number of hydrogen-bond donors (Lipinski definition) is 2. The molecule has 1 amide bonds. The maximum atomic E-state index is 11.9. The van der Waals surface area contributed by atoms with Crippen LogP contribution < -0.4 is 5.48 Å². The Kier molecular flexibility index (Phi) is 6.54. The minimum absolute atomic E-state index is 0.0317. The van der Waals surface area contributed by atoms with Gasteiger partial charge in [-0.15, -0.1) is 0 Å². The van der Waals surface area contributed by atoms with Gasteiger partial charge in [0.25, 0.3) is 5.91 Å². The van der Waals surface area contributed by atoms with Gasteiger partial charge in [-0.25, -0.2) is 15.3 Å². The number of carbonyl (C=O) groups excluding carboxylic acids is 2. The fourth-order valence-corrected chi connectivity index (χ4v) is 3.44. The number of imidazole rings is 1. The maximum absolute atomic E-state index is 11.9. The third-order valence-corrected chi connectivity index (χ3v) is 5.14. The number of hydroxylamine groups is 1. The molecule has 0 saturated carbocycles. The summed E-state index contributed by atoms with van der Waals surface area (Å²) < 4.78 is 5.40. The topological polar surface area (TPSA) is 93.3 Å². The number of ether oxygens (including phenoxy) is 1. The Hall–Kier alpha value is -3.29. The van der Waals surface area contributed by atoms with E-state index in [4.69, 9.17) is 9.57 Å². The fraction of sp³-hybridized carbons (Fsp3) is 0.292. The third-order valence-electron chi connectivity index (χ3n) is 5.14. The highest BCUT2D eigenvalue weighted by atomic mass is 16.8.